The number of hydrogen-bond acceptors (Lipinski definition) is 7. The number of rotatable bonds is 11. The van der Waals surface area contributed by atoms with Crippen molar-refractivity contribution in [2.24, 2.45) is 11.7 Å². The number of nitrogens with two attached hydrogens (primary N) is 1. The smallest absolute Gasteiger partial charge is 0.475 e. The Morgan fingerprint density at radius 1 is 1.17 bits per heavy atom. The molecule has 11 heteroatoms. The maximum Gasteiger partial charge on any atom is 0.490 e. The molecule has 1 fully saturated rings. The van der Waals surface area contributed by atoms with Gasteiger partial charge in [-0.3, -0.25) is 4.79 Å². The fourth-order valence-electron chi connectivity index (χ4n) is 2.86. The number of esters is 1. The second-order valence-electron chi connectivity index (χ2n) is 7.00. The molecule has 3 N–H and O–H groups in total. The van der Waals surface area contributed by atoms with Crippen molar-refractivity contribution >= 4 is 11.9 Å². The van der Waals surface area contributed by atoms with Crippen LogP contribution >= 0.6 is 0 Å². The van der Waals surface area contributed by atoms with Gasteiger partial charge >= 0.3 is 18.1 Å². The Kier molecular flexibility index (Phi) is 14.7. The summed E-state index contributed by atoms with van der Waals surface area (Å²) in [6, 6.07) is 0. The maximum absolute atomic E-state index is 11.6. The van der Waals surface area contributed by atoms with Gasteiger partial charge in [0.2, 0.25) is 0 Å². The summed E-state index contributed by atoms with van der Waals surface area (Å²) in [5.41, 5.74) is 5.35. The number of carboxylic acid groups (broad SMARTS) is 1. The van der Waals surface area contributed by atoms with Gasteiger partial charge in [-0.1, -0.05) is 39.5 Å². The lowest BCUT2D eigenvalue weighted by atomic mass is 9.93. The molecule has 0 aliphatic carbocycles. The predicted molar refractivity (Wildman–Crippen MR) is 102 cm³/mol. The number of alkyl halides is 3. The number of halogens is 3. The summed E-state index contributed by atoms with van der Waals surface area (Å²) in [5, 5.41) is 7.12. The SMILES string of the molecule is CCCCCCCOC[C@@H]1OC[C@H](C)[C@H](OC)[C@H]1OC(=O)CN.O=C(O)C(F)(F)F. The van der Waals surface area contributed by atoms with E-state index in [-0.39, 0.29) is 24.7 Å². The van der Waals surface area contributed by atoms with Crippen LogP contribution in [-0.4, -0.2) is 75.0 Å². The zero-order valence-corrected chi connectivity index (χ0v) is 17.8. The molecular formula is C19H34F3NO7. The van der Waals surface area contributed by atoms with Crippen molar-refractivity contribution in [1.82, 2.24) is 0 Å². The first kappa shape index (κ1) is 28.6. The molecule has 0 aromatic heterocycles. The van der Waals surface area contributed by atoms with E-state index in [0.29, 0.717) is 19.8 Å². The number of carbonyl (C=O) groups is 2. The number of aliphatic carboxylic acids is 1. The molecule has 0 aromatic rings. The Morgan fingerprint density at radius 2 is 1.77 bits per heavy atom. The zero-order chi connectivity index (χ0) is 23.2. The quantitative estimate of drug-likeness (QED) is 0.368. The highest BCUT2D eigenvalue weighted by Gasteiger charge is 2.41. The molecular weight excluding hydrogens is 411 g/mol. The molecule has 0 spiro atoms. The molecule has 1 heterocycles. The number of ether oxygens (including phenoxy) is 4. The molecule has 0 amide bonds. The highest BCUT2D eigenvalue weighted by Crippen LogP contribution is 2.25. The molecule has 0 saturated carbocycles. The topological polar surface area (TPSA) is 117 Å². The van der Waals surface area contributed by atoms with Gasteiger partial charge in [0.15, 0.2) is 6.10 Å². The summed E-state index contributed by atoms with van der Waals surface area (Å²) in [6.45, 7) is 5.75. The Labute approximate surface area is 175 Å². The summed E-state index contributed by atoms with van der Waals surface area (Å²) in [5.74, 6) is -3.05. The zero-order valence-electron chi connectivity index (χ0n) is 17.8. The van der Waals surface area contributed by atoms with Crippen molar-refractivity contribution < 1.29 is 46.8 Å². The molecule has 0 aromatic carbocycles. The van der Waals surface area contributed by atoms with E-state index in [1.54, 1.807) is 7.11 Å². The third-order valence-electron chi connectivity index (χ3n) is 4.45. The van der Waals surface area contributed by atoms with E-state index in [1.807, 2.05) is 6.92 Å². The fourth-order valence-corrected chi connectivity index (χ4v) is 2.86. The molecule has 0 unspecified atom stereocenters. The minimum Gasteiger partial charge on any atom is -0.475 e. The standard InChI is InChI=1S/C17H33NO5.C2HF3O2/c1-4-5-6-7-8-9-21-12-14-17(23-15(19)10-18)16(20-3)13(2)11-22-14;3-2(4,5)1(6)7/h13-14,16-17H,4-12,18H2,1-3H3;(H,6,7)/t13-,14-,16-,17-;/m0./s1. The van der Waals surface area contributed by atoms with Gasteiger partial charge in [-0.25, -0.2) is 4.79 Å². The van der Waals surface area contributed by atoms with Gasteiger partial charge in [-0.2, -0.15) is 13.2 Å². The Hall–Kier alpha value is -1.43. The summed E-state index contributed by atoms with van der Waals surface area (Å²) < 4.78 is 54.2. The van der Waals surface area contributed by atoms with Crippen molar-refractivity contribution in [3.05, 3.63) is 0 Å². The van der Waals surface area contributed by atoms with Gasteiger partial charge in [0, 0.05) is 19.6 Å². The second kappa shape index (κ2) is 15.4. The molecule has 0 bridgehead atoms. The monoisotopic (exact) mass is 445 g/mol. The van der Waals surface area contributed by atoms with Crippen LogP contribution < -0.4 is 5.73 Å². The van der Waals surface area contributed by atoms with E-state index in [2.05, 4.69) is 6.92 Å². The summed E-state index contributed by atoms with van der Waals surface area (Å²) >= 11 is 0. The number of methoxy groups -OCH3 is 1. The first-order chi connectivity index (χ1) is 14.1. The van der Waals surface area contributed by atoms with Gasteiger partial charge < -0.3 is 29.8 Å². The van der Waals surface area contributed by atoms with Crippen LogP contribution in [0.2, 0.25) is 0 Å². The van der Waals surface area contributed by atoms with E-state index in [9.17, 15) is 18.0 Å². The number of carboxylic acids is 1. The summed E-state index contributed by atoms with van der Waals surface area (Å²) in [4.78, 5) is 20.5. The summed E-state index contributed by atoms with van der Waals surface area (Å²) in [7, 11) is 1.63. The first-order valence-electron chi connectivity index (χ1n) is 10.00. The average molecular weight is 445 g/mol. The van der Waals surface area contributed by atoms with Crippen LogP contribution in [0.1, 0.15) is 46.0 Å². The largest absolute Gasteiger partial charge is 0.490 e. The average Bonchev–Trinajstić information content (AvgIpc) is 2.68. The molecule has 1 aliphatic rings. The van der Waals surface area contributed by atoms with Crippen LogP contribution in [-0.2, 0) is 28.5 Å². The molecule has 4 atom stereocenters. The summed E-state index contributed by atoms with van der Waals surface area (Å²) in [6.07, 6.45) is -0.0655. The van der Waals surface area contributed by atoms with Crippen LogP contribution in [0.4, 0.5) is 13.2 Å². The molecule has 1 rings (SSSR count). The van der Waals surface area contributed by atoms with Gasteiger partial charge in [0.25, 0.3) is 0 Å². The fraction of sp³-hybridized carbons (Fsp3) is 0.895. The minimum atomic E-state index is -5.08. The Balaban J connectivity index is 0.00000103. The van der Waals surface area contributed by atoms with E-state index in [4.69, 9.17) is 34.6 Å². The number of hydrogen-bond donors (Lipinski definition) is 2. The molecule has 178 valence electrons. The third kappa shape index (κ3) is 11.7. The maximum atomic E-state index is 11.6. The third-order valence-corrected chi connectivity index (χ3v) is 4.45. The van der Waals surface area contributed by atoms with Gasteiger partial charge in [-0.15, -0.1) is 0 Å². The molecule has 1 aliphatic heterocycles. The highest BCUT2D eigenvalue weighted by atomic mass is 19.4. The Morgan fingerprint density at radius 3 is 2.27 bits per heavy atom. The van der Waals surface area contributed by atoms with Crippen LogP contribution in [0.3, 0.4) is 0 Å². The van der Waals surface area contributed by atoms with E-state index < -0.39 is 24.2 Å². The molecule has 1 saturated heterocycles. The van der Waals surface area contributed by atoms with E-state index >= 15 is 0 Å². The van der Waals surface area contributed by atoms with Gasteiger partial charge in [0.05, 0.1) is 19.8 Å². The van der Waals surface area contributed by atoms with Crippen molar-refractivity contribution in [3.63, 3.8) is 0 Å². The molecule has 30 heavy (non-hydrogen) atoms. The van der Waals surface area contributed by atoms with Gasteiger partial charge in [-0.05, 0) is 6.42 Å². The Bertz CT molecular complexity index is 491. The van der Waals surface area contributed by atoms with Crippen molar-refractivity contribution in [3.8, 4) is 0 Å². The lowest BCUT2D eigenvalue weighted by Gasteiger charge is -2.40. The number of carbonyl (C=O) groups excluding carboxylic acids is 1. The lowest BCUT2D eigenvalue weighted by molar-refractivity contribution is -0.206. The van der Waals surface area contributed by atoms with Gasteiger partial charge in [0.1, 0.15) is 12.2 Å². The van der Waals surface area contributed by atoms with Crippen LogP contribution in [0, 0.1) is 5.92 Å². The predicted octanol–water partition coefficient (Wildman–Crippen LogP) is 2.53. The number of unbranched alkanes of at least 4 members (excludes halogenated alkanes) is 4. The van der Waals surface area contributed by atoms with Crippen molar-refractivity contribution in [2.45, 2.75) is 70.4 Å². The van der Waals surface area contributed by atoms with E-state index in [1.165, 1.54) is 25.7 Å². The van der Waals surface area contributed by atoms with Crippen LogP contribution in [0.5, 0.6) is 0 Å². The van der Waals surface area contributed by atoms with Crippen LogP contribution in [0.15, 0.2) is 0 Å². The lowest BCUT2D eigenvalue weighted by Crippen LogP contribution is -2.54. The first-order valence-corrected chi connectivity index (χ1v) is 10.00. The molecule has 0 radical (unpaired) electrons. The highest BCUT2D eigenvalue weighted by molar-refractivity contribution is 5.73. The van der Waals surface area contributed by atoms with Crippen molar-refractivity contribution in [2.75, 3.05) is 33.5 Å². The van der Waals surface area contributed by atoms with E-state index in [0.717, 1.165) is 6.42 Å². The van der Waals surface area contributed by atoms with Crippen LogP contribution in [0.25, 0.3) is 0 Å². The molecule has 8 nitrogen and oxygen atoms in total. The minimum absolute atomic E-state index is 0.147. The normalized spacial score (nSPS) is 24.0. The van der Waals surface area contributed by atoms with Crippen molar-refractivity contribution in [1.29, 1.82) is 0 Å². The second-order valence-corrected chi connectivity index (χ2v) is 7.00.